The maximum Gasteiger partial charge on any atom is 0.222 e. The highest BCUT2D eigenvalue weighted by Crippen LogP contribution is 2.27. The van der Waals surface area contributed by atoms with Gasteiger partial charge < -0.3 is 10.6 Å². The molecule has 2 heterocycles. The zero-order valence-electron chi connectivity index (χ0n) is 8.15. The second-order valence-electron chi connectivity index (χ2n) is 3.64. The average Bonchev–Trinajstić information content (AvgIpc) is 2.65. The number of halogens is 1. The Balaban J connectivity index is 2.07. The summed E-state index contributed by atoms with van der Waals surface area (Å²) in [5.74, 6) is -0.274. The number of nitrogens with two attached hydrogens (primary N) is 1. The first-order valence-electron chi connectivity index (χ1n) is 4.82. The predicted molar refractivity (Wildman–Crippen MR) is 61.3 cm³/mol. The third-order valence-electron chi connectivity index (χ3n) is 2.56. The van der Waals surface area contributed by atoms with Crippen molar-refractivity contribution in [3.8, 4) is 0 Å². The number of carbonyl (C=O) groups excluding carboxylic acids is 1. The highest BCUT2D eigenvalue weighted by molar-refractivity contribution is 7.14. The van der Waals surface area contributed by atoms with Gasteiger partial charge in [-0.3, -0.25) is 4.79 Å². The van der Waals surface area contributed by atoms with Gasteiger partial charge in [0.15, 0.2) is 5.13 Å². The van der Waals surface area contributed by atoms with Crippen LogP contribution < -0.4 is 10.6 Å². The van der Waals surface area contributed by atoms with Gasteiger partial charge in [-0.05, 0) is 12.8 Å². The fraction of sp³-hybridized carbons (Fsp3) is 0.556. The summed E-state index contributed by atoms with van der Waals surface area (Å²) in [5, 5.41) is 3.19. The minimum atomic E-state index is -0.220. The summed E-state index contributed by atoms with van der Waals surface area (Å²) in [4.78, 5) is 17.4. The van der Waals surface area contributed by atoms with Gasteiger partial charge in [-0.15, -0.1) is 11.3 Å². The molecular weight excluding hydrogens is 234 g/mol. The van der Waals surface area contributed by atoms with Crippen molar-refractivity contribution in [2.45, 2.75) is 12.8 Å². The molecule has 1 aliphatic rings. The molecule has 6 heteroatoms. The molecule has 1 atom stereocenters. The molecule has 1 fully saturated rings. The number of nitrogens with zero attached hydrogens (tertiary/aromatic N) is 2. The van der Waals surface area contributed by atoms with Crippen LogP contribution in [0.2, 0.25) is 5.15 Å². The molecule has 1 aliphatic heterocycles. The van der Waals surface area contributed by atoms with Gasteiger partial charge >= 0.3 is 0 Å². The Morgan fingerprint density at radius 2 is 2.53 bits per heavy atom. The van der Waals surface area contributed by atoms with E-state index in [9.17, 15) is 4.79 Å². The Morgan fingerprint density at radius 1 is 1.73 bits per heavy atom. The van der Waals surface area contributed by atoms with Gasteiger partial charge in [0.25, 0.3) is 0 Å². The minimum Gasteiger partial charge on any atom is -0.369 e. The highest BCUT2D eigenvalue weighted by atomic mass is 35.5. The van der Waals surface area contributed by atoms with E-state index < -0.39 is 0 Å². The van der Waals surface area contributed by atoms with Crippen molar-refractivity contribution in [1.29, 1.82) is 0 Å². The quantitative estimate of drug-likeness (QED) is 0.859. The molecule has 0 aliphatic carbocycles. The molecule has 82 valence electrons. The second-order valence-corrected chi connectivity index (χ2v) is 4.86. The van der Waals surface area contributed by atoms with E-state index in [2.05, 4.69) is 9.88 Å². The predicted octanol–water partition coefficient (Wildman–Crippen LogP) is 1.50. The van der Waals surface area contributed by atoms with Crippen molar-refractivity contribution < 1.29 is 4.79 Å². The number of primary amides is 1. The van der Waals surface area contributed by atoms with E-state index in [1.165, 1.54) is 11.3 Å². The van der Waals surface area contributed by atoms with Gasteiger partial charge in [0.1, 0.15) is 5.15 Å². The molecule has 0 aromatic carbocycles. The Kier molecular flexibility index (Phi) is 3.11. The SMILES string of the molecule is NC(=O)C1CCCN(c2nc(Cl)cs2)C1. The summed E-state index contributed by atoms with van der Waals surface area (Å²) in [6.45, 7) is 1.59. The number of hydrogen-bond acceptors (Lipinski definition) is 4. The van der Waals surface area contributed by atoms with Crippen molar-refractivity contribution in [3.63, 3.8) is 0 Å². The number of rotatable bonds is 2. The van der Waals surface area contributed by atoms with Crippen LogP contribution in [-0.2, 0) is 4.79 Å². The molecule has 0 saturated carbocycles. The first kappa shape index (κ1) is 10.7. The van der Waals surface area contributed by atoms with Gasteiger partial charge in [-0.1, -0.05) is 11.6 Å². The molecule has 0 bridgehead atoms. The van der Waals surface area contributed by atoms with Crippen molar-refractivity contribution in [1.82, 2.24) is 4.98 Å². The van der Waals surface area contributed by atoms with Crippen LogP contribution in [0.4, 0.5) is 5.13 Å². The summed E-state index contributed by atoms with van der Waals surface area (Å²) < 4.78 is 0. The Bertz CT molecular complexity index is 368. The molecule has 4 nitrogen and oxygen atoms in total. The van der Waals surface area contributed by atoms with Gasteiger partial charge in [0, 0.05) is 18.5 Å². The van der Waals surface area contributed by atoms with E-state index in [1.54, 1.807) is 5.38 Å². The summed E-state index contributed by atoms with van der Waals surface area (Å²) >= 11 is 7.26. The molecular formula is C9H12ClN3OS. The van der Waals surface area contributed by atoms with Crippen LogP contribution in [0.5, 0.6) is 0 Å². The summed E-state index contributed by atoms with van der Waals surface area (Å²) in [6, 6.07) is 0. The third-order valence-corrected chi connectivity index (χ3v) is 3.78. The topological polar surface area (TPSA) is 59.2 Å². The number of piperidine rings is 1. The largest absolute Gasteiger partial charge is 0.369 e. The molecule has 1 amide bonds. The number of thiazole rings is 1. The van der Waals surface area contributed by atoms with Crippen LogP contribution in [0.1, 0.15) is 12.8 Å². The number of carbonyl (C=O) groups is 1. The fourth-order valence-electron chi connectivity index (χ4n) is 1.77. The molecule has 0 spiro atoms. The molecule has 1 aromatic rings. The number of aromatic nitrogens is 1. The smallest absolute Gasteiger partial charge is 0.222 e. The second kappa shape index (κ2) is 4.37. The van der Waals surface area contributed by atoms with Crippen molar-refractivity contribution in [2.24, 2.45) is 11.7 Å². The molecule has 15 heavy (non-hydrogen) atoms. The third kappa shape index (κ3) is 2.41. The van der Waals surface area contributed by atoms with Crippen molar-refractivity contribution in [2.75, 3.05) is 18.0 Å². The van der Waals surface area contributed by atoms with E-state index in [0.29, 0.717) is 11.7 Å². The summed E-state index contributed by atoms with van der Waals surface area (Å²) in [6.07, 6.45) is 1.86. The van der Waals surface area contributed by atoms with Crippen LogP contribution in [-0.4, -0.2) is 24.0 Å². The van der Waals surface area contributed by atoms with Crippen molar-refractivity contribution in [3.05, 3.63) is 10.5 Å². The lowest BCUT2D eigenvalue weighted by Gasteiger charge is -2.30. The average molecular weight is 246 g/mol. The van der Waals surface area contributed by atoms with E-state index in [0.717, 1.165) is 24.5 Å². The van der Waals surface area contributed by atoms with Crippen LogP contribution in [0, 0.1) is 5.92 Å². The normalized spacial score (nSPS) is 21.7. The molecule has 1 saturated heterocycles. The van der Waals surface area contributed by atoms with Crippen LogP contribution >= 0.6 is 22.9 Å². The Morgan fingerprint density at radius 3 is 3.13 bits per heavy atom. The van der Waals surface area contributed by atoms with Gasteiger partial charge in [-0.25, -0.2) is 4.98 Å². The standard InChI is InChI=1S/C9H12ClN3OS/c10-7-5-15-9(12-7)13-3-1-2-6(4-13)8(11)14/h5-6H,1-4H2,(H2,11,14). The zero-order valence-corrected chi connectivity index (χ0v) is 9.72. The summed E-state index contributed by atoms with van der Waals surface area (Å²) in [5.41, 5.74) is 5.30. The molecule has 1 aromatic heterocycles. The first-order valence-corrected chi connectivity index (χ1v) is 6.08. The zero-order chi connectivity index (χ0) is 10.8. The lowest BCUT2D eigenvalue weighted by molar-refractivity contribution is -0.122. The molecule has 2 rings (SSSR count). The Labute approximate surface area is 97.0 Å². The monoisotopic (exact) mass is 245 g/mol. The van der Waals surface area contributed by atoms with E-state index in [1.807, 2.05) is 0 Å². The van der Waals surface area contributed by atoms with E-state index in [-0.39, 0.29) is 11.8 Å². The molecule has 1 unspecified atom stereocenters. The maximum atomic E-state index is 11.1. The van der Waals surface area contributed by atoms with Crippen LogP contribution in [0.15, 0.2) is 5.38 Å². The molecule has 2 N–H and O–H groups in total. The van der Waals surface area contributed by atoms with E-state index in [4.69, 9.17) is 17.3 Å². The van der Waals surface area contributed by atoms with Gasteiger partial charge in [0.2, 0.25) is 5.91 Å². The van der Waals surface area contributed by atoms with Crippen LogP contribution in [0.3, 0.4) is 0 Å². The number of amides is 1. The maximum absolute atomic E-state index is 11.1. The number of anilines is 1. The van der Waals surface area contributed by atoms with Gasteiger partial charge in [-0.2, -0.15) is 0 Å². The minimum absolute atomic E-state index is 0.0542. The van der Waals surface area contributed by atoms with E-state index >= 15 is 0 Å². The first-order chi connectivity index (χ1) is 7.16. The number of hydrogen-bond donors (Lipinski definition) is 1. The lowest BCUT2D eigenvalue weighted by Crippen LogP contribution is -2.41. The lowest BCUT2D eigenvalue weighted by atomic mass is 9.98. The van der Waals surface area contributed by atoms with Gasteiger partial charge in [0.05, 0.1) is 5.92 Å². The molecule has 0 radical (unpaired) electrons. The van der Waals surface area contributed by atoms with Crippen molar-refractivity contribution >= 4 is 34.0 Å². The Hall–Kier alpha value is -0.810. The van der Waals surface area contributed by atoms with Crippen LogP contribution in [0.25, 0.3) is 0 Å². The highest BCUT2D eigenvalue weighted by Gasteiger charge is 2.25. The summed E-state index contributed by atoms with van der Waals surface area (Å²) in [7, 11) is 0. The fourth-order valence-corrected chi connectivity index (χ4v) is 2.76.